The van der Waals surface area contributed by atoms with E-state index < -0.39 is 12.7 Å². The summed E-state index contributed by atoms with van der Waals surface area (Å²) in [5, 5.41) is 15.0. The Morgan fingerprint density at radius 1 is 1.32 bits per heavy atom. The highest BCUT2D eigenvalue weighted by Gasteiger charge is 2.28. The van der Waals surface area contributed by atoms with Crippen LogP contribution in [0, 0.1) is 11.3 Å². The van der Waals surface area contributed by atoms with E-state index in [0.717, 1.165) is 4.68 Å². The van der Waals surface area contributed by atoms with Gasteiger partial charge in [-0.05, 0) is 12.1 Å². The van der Waals surface area contributed by atoms with Crippen molar-refractivity contribution in [2.24, 2.45) is 0 Å². The minimum absolute atomic E-state index is 0.390. The van der Waals surface area contributed by atoms with E-state index in [4.69, 9.17) is 5.26 Å². The summed E-state index contributed by atoms with van der Waals surface area (Å²) in [6.45, 7) is -1.14. The predicted octanol–water partition coefficient (Wildman–Crippen LogP) is 2.46. The molecule has 2 aromatic heterocycles. The van der Waals surface area contributed by atoms with Crippen LogP contribution >= 0.6 is 0 Å². The van der Waals surface area contributed by atoms with E-state index in [1.807, 2.05) is 6.07 Å². The molecule has 0 aliphatic carbocycles. The van der Waals surface area contributed by atoms with Crippen molar-refractivity contribution in [1.82, 2.24) is 14.8 Å². The SMILES string of the molecule is N#Cc1ccc(Nc2cnn(CC(F)(F)F)c2)nc1. The van der Waals surface area contributed by atoms with Crippen molar-refractivity contribution in [2.45, 2.75) is 12.7 Å². The molecule has 0 amide bonds. The molecule has 8 heteroatoms. The van der Waals surface area contributed by atoms with Crippen molar-refractivity contribution in [3.63, 3.8) is 0 Å². The molecule has 0 fully saturated rings. The zero-order chi connectivity index (χ0) is 13.9. The maximum atomic E-state index is 12.1. The summed E-state index contributed by atoms with van der Waals surface area (Å²) < 4.78 is 37.2. The zero-order valence-corrected chi connectivity index (χ0v) is 9.52. The molecule has 2 heterocycles. The first kappa shape index (κ1) is 12.9. The molecule has 0 aromatic carbocycles. The highest BCUT2D eigenvalue weighted by atomic mass is 19.4. The Labute approximate surface area is 106 Å². The lowest BCUT2D eigenvalue weighted by Crippen LogP contribution is -2.17. The van der Waals surface area contributed by atoms with Gasteiger partial charge < -0.3 is 5.32 Å². The number of hydrogen-bond acceptors (Lipinski definition) is 4. The van der Waals surface area contributed by atoms with Crippen LogP contribution in [0.5, 0.6) is 0 Å². The Balaban J connectivity index is 2.05. The first-order valence-electron chi connectivity index (χ1n) is 5.19. The molecule has 0 bridgehead atoms. The van der Waals surface area contributed by atoms with Crippen molar-refractivity contribution in [3.8, 4) is 6.07 Å². The van der Waals surface area contributed by atoms with Crippen LogP contribution in [0.15, 0.2) is 30.7 Å². The Morgan fingerprint density at radius 2 is 2.11 bits per heavy atom. The van der Waals surface area contributed by atoms with Crippen LogP contribution in [-0.2, 0) is 6.54 Å². The molecule has 0 radical (unpaired) electrons. The second-order valence-corrected chi connectivity index (χ2v) is 3.71. The average Bonchev–Trinajstić information content (AvgIpc) is 2.75. The van der Waals surface area contributed by atoms with E-state index in [9.17, 15) is 13.2 Å². The van der Waals surface area contributed by atoms with Crippen molar-refractivity contribution in [2.75, 3.05) is 5.32 Å². The van der Waals surface area contributed by atoms with Gasteiger partial charge >= 0.3 is 6.18 Å². The van der Waals surface area contributed by atoms with Gasteiger partial charge in [0, 0.05) is 12.4 Å². The van der Waals surface area contributed by atoms with E-state index in [1.54, 1.807) is 12.1 Å². The maximum Gasteiger partial charge on any atom is 0.408 e. The molecule has 0 saturated carbocycles. The smallest absolute Gasteiger partial charge is 0.338 e. The van der Waals surface area contributed by atoms with Crippen LogP contribution in [0.2, 0.25) is 0 Å². The number of anilines is 2. The van der Waals surface area contributed by atoms with Gasteiger partial charge in [-0.3, -0.25) is 4.68 Å². The molecule has 2 aromatic rings. The first-order chi connectivity index (χ1) is 8.96. The minimum atomic E-state index is -4.31. The molecule has 5 nitrogen and oxygen atoms in total. The van der Waals surface area contributed by atoms with Gasteiger partial charge in [0.05, 0.1) is 17.4 Å². The third-order valence-electron chi connectivity index (χ3n) is 2.14. The fourth-order valence-electron chi connectivity index (χ4n) is 1.38. The summed E-state index contributed by atoms with van der Waals surface area (Å²) in [5.41, 5.74) is 0.791. The number of halogens is 3. The van der Waals surface area contributed by atoms with Gasteiger partial charge in [-0.2, -0.15) is 23.5 Å². The lowest BCUT2D eigenvalue weighted by atomic mass is 10.3. The van der Waals surface area contributed by atoms with Crippen LogP contribution in [0.1, 0.15) is 5.56 Å². The number of aromatic nitrogens is 3. The molecule has 19 heavy (non-hydrogen) atoms. The number of alkyl halides is 3. The summed E-state index contributed by atoms with van der Waals surface area (Å²) in [6.07, 6.45) is -0.447. The van der Waals surface area contributed by atoms with Gasteiger partial charge in [0.2, 0.25) is 0 Å². The third kappa shape index (κ3) is 3.70. The van der Waals surface area contributed by atoms with E-state index in [2.05, 4.69) is 15.4 Å². The molecule has 0 spiro atoms. The fraction of sp³-hybridized carbons (Fsp3) is 0.182. The molecule has 0 aliphatic rings. The van der Waals surface area contributed by atoms with Gasteiger partial charge in [0.15, 0.2) is 0 Å². The molecule has 0 saturated heterocycles. The van der Waals surface area contributed by atoms with Crippen LogP contribution in [0.4, 0.5) is 24.7 Å². The Hall–Kier alpha value is -2.56. The normalized spacial score (nSPS) is 11.1. The Morgan fingerprint density at radius 3 is 2.68 bits per heavy atom. The highest BCUT2D eigenvalue weighted by Crippen LogP contribution is 2.19. The standard InChI is InChI=1S/C11H8F3N5/c12-11(13,14)7-19-6-9(5-17-19)18-10-2-1-8(3-15)4-16-10/h1-2,4-6H,7H2,(H,16,18). The molecular weight excluding hydrogens is 259 g/mol. The topological polar surface area (TPSA) is 66.5 Å². The fourth-order valence-corrected chi connectivity index (χ4v) is 1.38. The van der Waals surface area contributed by atoms with E-state index in [1.165, 1.54) is 18.6 Å². The van der Waals surface area contributed by atoms with Gasteiger partial charge in [-0.15, -0.1) is 0 Å². The number of nitriles is 1. The highest BCUT2D eigenvalue weighted by molar-refractivity contribution is 5.54. The number of nitrogens with zero attached hydrogens (tertiary/aromatic N) is 4. The van der Waals surface area contributed by atoms with Gasteiger partial charge in [0.25, 0.3) is 0 Å². The van der Waals surface area contributed by atoms with Crippen LogP contribution in [-0.4, -0.2) is 20.9 Å². The van der Waals surface area contributed by atoms with Gasteiger partial charge in [-0.25, -0.2) is 4.98 Å². The second kappa shape index (κ2) is 4.97. The van der Waals surface area contributed by atoms with E-state index in [-0.39, 0.29) is 0 Å². The first-order valence-corrected chi connectivity index (χ1v) is 5.19. The predicted molar refractivity (Wildman–Crippen MR) is 60.5 cm³/mol. The monoisotopic (exact) mass is 267 g/mol. The van der Waals surface area contributed by atoms with Crippen molar-refractivity contribution in [3.05, 3.63) is 36.3 Å². The minimum Gasteiger partial charge on any atom is -0.338 e. The molecule has 0 aliphatic heterocycles. The summed E-state index contributed by atoms with van der Waals surface area (Å²) in [6, 6.07) is 5.02. The molecule has 2 rings (SSSR count). The van der Waals surface area contributed by atoms with E-state index >= 15 is 0 Å². The molecule has 0 unspecified atom stereocenters. The molecule has 0 atom stereocenters. The molecular formula is C11H8F3N5. The number of rotatable bonds is 3. The second-order valence-electron chi connectivity index (χ2n) is 3.71. The van der Waals surface area contributed by atoms with Gasteiger partial charge in [0.1, 0.15) is 18.4 Å². The van der Waals surface area contributed by atoms with Crippen molar-refractivity contribution < 1.29 is 13.2 Å². The summed E-state index contributed by atoms with van der Waals surface area (Å²) >= 11 is 0. The average molecular weight is 267 g/mol. The maximum absolute atomic E-state index is 12.1. The number of pyridine rings is 1. The summed E-state index contributed by atoms with van der Waals surface area (Å²) in [7, 11) is 0. The lowest BCUT2D eigenvalue weighted by Gasteiger charge is -2.05. The summed E-state index contributed by atoms with van der Waals surface area (Å²) in [5.74, 6) is 0.422. The summed E-state index contributed by atoms with van der Waals surface area (Å²) in [4.78, 5) is 3.94. The van der Waals surface area contributed by atoms with Gasteiger partial charge in [-0.1, -0.05) is 0 Å². The van der Waals surface area contributed by atoms with Crippen molar-refractivity contribution in [1.29, 1.82) is 5.26 Å². The Bertz CT molecular complexity index is 594. The molecule has 1 N–H and O–H groups in total. The third-order valence-corrected chi connectivity index (χ3v) is 2.14. The number of nitrogens with one attached hydrogen (secondary N) is 1. The van der Waals surface area contributed by atoms with Crippen LogP contribution in [0.3, 0.4) is 0 Å². The van der Waals surface area contributed by atoms with Crippen LogP contribution in [0.25, 0.3) is 0 Å². The number of hydrogen-bond donors (Lipinski definition) is 1. The quantitative estimate of drug-likeness (QED) is 0.927. The lowest BCUT2D eigenvalue weighted by molar-refractivity contribution is -0.142. The van der Waals surface area contributed by atoms with Crippen molar-refractivity contribution >= 4 is 11.5 Å². The largest absolute Gasteiger partial charge is 0.408 e. The van der Waals surface area contributed by atoms with Crippen LogP contribution < -0.4 is 5.32 Å². The molecule has 98 valence electrons. The Kier molecular flexibility index (Phi) is 3.37. The van der Waals surface area contributed by atoms with E-state index in [0.29, 0.717) is 17.1 Å². The zero-order valence-electron chi connectivity index (χ0n) is 9.52.